The van der Waals surface area contributed by atoms with E-state index in [1.165, 1.54) is 45.4 Å². The summed E-state index contributed by atoms with van der Waals surface area (Å²) in [4.78, 5) is 5.60. The quantitative estimate of drug-likeness (QED) is 0.837. The third kappa shape index (κ3) is 2.65. The first-order chi connectivity index (χ1) is 9.60. The lowest BCUT2D eigenvalue weighted by atomic mass is 9.73. The molecular formula is C17H33N3. The minimum Gasteiger partial charge on any atom is -0.328 e. The van der Waals surface area contributed by atoms with Gasteiger partial charge in [-0.3, -0.25) is 9.80 Å². The van der Waals surface area contributed by atoms with Crippen LogP contribution in [0.2, 0.25) is 0 Å². The molecule has 0 aromatic rings. The van der Waals surface area contributed by atoms with Crippen LogP contribution in [0.1, 0.15) is 46.5 Å². The zero-order valence-corrected chi connectivity index (χ0v) is 13.6. The van der Waals surface area contributed by atoms with E-state index in [2.05, 4.69) is 30.6 Å². The summed E-state index contributed by atoms with van der Waals surface area (Å²) in [6.07, 6.45) is 5.22. The zero-order valence-electron chi connectivity index (χ0n) is 13.6. The zero-order chi connectivity index (χ0) is 14.3. The molecule has 2 N–H and O–H groups in total. The van der Waals surface area contributed by atoms with E-state index in [4.69, 9.17) is 5.73 Å². The van der Waals surface area contributed by atoms with Gasteiger partial charge in [-0.25, -0.2) is 0 Å². The van der Waals surface area contributed by atoms with Crippen molar-refractivity contribution in [2.24, 2.45) is 23.5 Å². The maximum atomic E-state index is 6.32. The Bertz CT molecular complexity index is 322. The van der Waals surface area contributed by atoms with Gasteiger partial charge in [-0.1, -0.05) is 20.8 Å². The molecule has 116 valence electrons. The summed E-state index contributed by atoms with van der Waals surface area (Å²) in [6, 6.07) is 1.93. The van der Waals surface area contributed by atoms with Gasteiger partial charge in [0.2, 0.25) is 0 Å². The predicted octanol–water partition coefficient (Wildman–Crippen LogP) is 2.16. The highest BCUT2D eigenvalue weighted by Crippen LogP contribution is 2.45. The van der Waals surface area contributed by atoms with Crippen molar-refractivity contribution in [3.63, 3.8) is 0 Å². The lowest BCUT2D eigenvalue weighted by Gasteiger charge is -2.50. The van der Waals surface area contributed by atoms with Crippen molar-refractivity contribution < 1.29 is 0 Å². The first-order valence-electron chi connectivity index (χ1n) is 8.83. The van der Waals surface area contributed by atoms with E-state index in [-0.39, 0.29) is 0 Å². The second-order valence-electron chi connectivity index (χ2n) is 7.85. The van der Waals surface area contributed by atoms with E-state index < -0.39 is 0 Å². The van der Waals surface area contributed by atoms with Crippen LogP contribution in [0.5, 0.6) is 0 Å². The van der Waals surface area contributed by atoms with Crippen LogP contribution < -0.4 is 5.73 Å². The molecule has 0 spiro atoms. The fourth-order valence-corrected chi connectivity index (χ4v) is 5.05. The smallest absolute Gasteiger partial charge is 0.0295 e. The first-order valence-corrected chi connectivity index (χ1v) is 8.83. The molecule has 0 amide bonds. The van der Waals surface area contributed by atoms with Crippen LogP contribution in [0.4, 0.5) is 0 Å². The Hall–Kier alpha value is -0.120. The molecule has 0 saturated carbocycles. The van der Waals surface area contributed by atoms with Gasteiger partial charge in [-0.05, 0) is 56.5 Å². The van der Waals surface area contributed by atoms with Crippen LogP contribution in [-0.2, 0) is 0 Å². The van der Waals surface area contributed by atoms with Crippen LogP contribution in [0.25, 0.3) is 0 Å². The molecule has 4 rings (SSSR count). The Morgan fingerprint density at radius 3 is 2.50 bits per heavy atom. The van der Waals surface area contributed by atoms with E-state index in [1.807, 2.05) is 0 Å². The van der Waals surface area contributed by atoms with Gasteiger partial charge in [0.1, 0.15) is 0 Å². The van der Waals surface area contributed by atoms with Gasteiger partial charge in [0, 0.05) is 31.2 Å². The Labute approximate surface area is 124 Å². The van der Waals surface area contributed by atoms with Gasteiger partial charge in [0.05, 0.1) is 0 Å². The van der Waals surface area contributed by atoms with Crippen LogP contribution in [0.3, 0.4) is 0 Å². The monoisotopic (exact) mass is 279 g/mol. The number of nitrogens with zero attached hydrogens (tertiary/aromatic N) is 2. The summed E-state index contributed by atoms with van der Waals surface area (Å²) in [7, 11) is 0. The highest BCUT2D eigenvalue weighted by atomic mass is 15.3. The van der Waals surface area contributed by atoms with Crippen LogP contribution in [0.15, 0.2) is 0 Å². The Morgan fingerprint density at radius 1 is 1.20 bits per heavy atom. The molecule has 4 aliphatic heterocycles. The van der Waals surface area contributed by atoms with E-state index >= 15 is 0 Å². The highest BCUT2D eigenvalue weighted by Gasteiger charge is 2.52. The second kappa shape index (κ2) is 5.94. The fourth-order valence-electron chi connectivity index (χ4n) is 5.05. The van der Waals surface area contributed by atoms with E-state index in [0.717, 1.165) is 36.3 Å². The van der Waals surface area contributed by atoms with Gasteiger partial charge >= 0.3 is 0 Å². The van der Waals surface area contributed by atoms with Crippen LogP contribution in [0, 0.1) is 17.8 Å². The minimum atomic E-state index is 0.384. The number of fused-ring (bicyclic) bond motifs is 2. The average Bonchev–Trinajstić information content (AvgIpc) is 2.79. The molecule has 4 atom stereocenters. The van der Waals surface area contributed by atoms with Gasteiger partial charge < -0.3 is 5.73 Å². The van der Waals surface area contributed by atoms with Crippen LogP contribution in [-0.4, -0.2) is 54.1 Å². The van der Waals surface area contributed by atoms with E-state index in [0.29, 0.717) is 6.04 Å². The third-order valence-electron chi connectivity index (χ3n) is 6.02. The standard InChI is InChI=1S/C17H33N3/c1-4-14(18)9-16-17-15(11-20(16)10-12(2)3)13-5-7-19(17)8-6-13/h12-17H,4-11,18H2,1-3H3. The van der Waals surface area contributed by atoms with Gasteiger partial charge in [-0.2, -0.15) is 0 Å². The van der Waals surface area contributed by atoms with Crippen molar-refractivity contribution in [2.75, 3.05) is 26.2 Å². The Morgan fingerprint density at radius 2 is 1.90 bits per heavy atom. The normalized spacial score (nSPS) is 42.1. The molecule has 4 aliphatic rings. The number of hydrogen-bond donors (Lipinski definition) is 1. The molecule has 0 aromatic carbocycles. The Kier molecular flexibility index (Phi) is 4.40. The summed E-state index contributed by atoms with van der Waals surface area (Å²) >= 11 is 0. The number of hydrogen-bond acceptors (Lipinski definition) is 3. The van der Waals surface area contributed by atoms with E-state index in [1.54, 1.807) is 0 Å². The number of piperidine rings is 3. The molecule has 0 aromatic heterocycles. The lowest BCUT2D eigenvalue weighted by Crippen LogP contribution is -2.57. The van der Waals surface area contributed by atoms with Crippen molar-refractivity contribution in [3.05, 3.63) is 0 Å². The fraction of sp³-hybridized carbons (Fsp3) is 1.00. The summed E-state index contributed by atoms with van der Waals surface area (Å²) < 4.78 is 0. The molecule has 20 heavy (non-hydrogen) atoms. The summed E-state index contributed by atoms with van der Waals surface area (Å²) in [5, 5.41) is 0. The summed E-state index contributed by atoms with van der Waals surface area (Å²) in [6.45, 7) is 12.2. The Balaban J connectivity index is 1.77. The number of likely N-dealkylation sites (tertiary alicyclic amines) is 1. The van der Waals surface area contributed by atoms with Crippen molar-refractivity contribution in [2.45, 2.75) is 64.6 Å². The molecule has 2 bridgehead atoms. The molecular weight excluding hydrogens is 246 g/mol. The molecule has 3 nitrogen and oxygen atoms in total. The maximum absolute atomic E-state index is 6.32. The topological polar surface area (TPSA) is 32.5 Å². The highest BCUT2D eigenvalue weighted by molar-refractivity contribution is 5.07. The average molecular weight is 279 g/mol. The van der Waals surface area contributed by atoms with Crippen molar-refractivity contribution in [3.8, 4) is 0 Å². The van der Waals surface area contributed by atoms with Crippen LogP contribution >= 0.6 is 0 Å². The van der Waals surface area contributed by atoms with E-state index in [9.17, 15) is 0 Å². The maximum Gasteiger partial charge on any atom is 0.0295 e. The third-order valence-corrected chi connectivity index (χ3v) is 6.02. The van der Waals surface area contributed by atoms with Crippen molar-refractivity contribution >= 4 is 0 Å². The lowest BCUT2D eigenvalue weighted by molar-refractivity contribution is 0.00111. The minimum absolute atomic E-state index is 0.384. The summed E-state index contributed by atoms with van der Waals surface area (Å²) in [5.41, 5.74) is 6.32. The van der Waals surface area contributed by atoms with Gasteiger partial charge in [-0.15, -0.1) is 0 Å². The van der Waals surface area contributed by atoms with Gasteiger partial charge in [0.25, 0.3) is 0 Å². The molecule has 3 heteroatoms. The second-order valence-corrected chi connectivity index (χ2v) is 7.85. The predicted molar refractivity (Wildman–Crippen MR) is 84.7 cm³/mol. The van der Waals surface area contributed by atoms with Crippen molar-refractivity contribution in [1.29, 1.82) is 0 Å². The largest absolute Gasteiger partial charge is 0.328 e. The molecule has 4 saturated heterocycles. The molecule has 4 unspecified atom stereocenters. The molecule has 0 radical (unpaired) electrons. The summed E-state index contributed by atoms with van der Waals surface area (Å²) in [5.74, 6) is 2.70. The molecule has 4 heterocycles. The molecule has 0 aliphatic carbocycles. The molecule has 4 fully saturated rings. The SMILES string of the molecule is CCC(N)CC1C2C(CN1CC(C)C)C1CCN2CC1. The number of nitrogens with two attached hydrogens (primary N) is 1. The van der Waals surface area contributed by atoms with Gasteiger partial charge in [0.15, 0.2) is 0 Å². The van der Waals surface area contributed by atoms with Crippen molar-refractivity contribution in [1.82, 2.24) is 9.80 Å². The number of rotatable bonds is 5. The first kappa shape index (κ1) is 14.8.